The summed E-state index contributed by atoms with van der Waals surface area (Å²) in [6, 6.07) is 6.00. The number of aliphatic carboxylic acids is 1. The summed E-state index contributed by atoms with van der Waals surface area (Å²) in [6.07, 6.45) is 1.81. The van der Waals surface area contributed by atoms with Crippen molar-refractivity contribution in [2.45, 2.75) is 19.3 Å². The molecule has 86 valence electrons. The number of carboxylic acids is 1. The molecule has 0 radical (unpaired) electrons. The predicted octanol–water partition coefficient (Wildman–Crippen LogP) is 1.90. The summed E-state index contributed by atoms with van der Waals surface area (Å²) >= 11 is 0. The molecule has 0 bridgehead atoms. The number of hydrogen-bond acceptors (Lipinski definition) is 3. The average Bonchev–Trinajstić information content (AvgIpc) is 2.71. The predicted molar refractivity (Wildman–Crippen MR) is 61.0 cm³/mol. The SMILES string of the molecule is O=C(O)CCCNc1ccc2c(c1)CCO2. The van der Waals surface area contributed by atoms with Gasteiger partial charge < -0.3 is 15.2 Å². The van der Waals surface area contributed by atoms with E-state index >= 15 is 0 Å². The lowest BCUT2D eigenvalue weighted by atomic mass is 10.1. The molecule has 16 heavy (non-hydrogen) atoms. The number of carbonyl (C=O) groups is 1. The maximum absolute atomic E-state index is 10.3. The minimum absolute atomic E-state index is 0.209. The minimum Gasteiger partial charge on any atom is -0.493 e. The highest BCUT2D eigenvalue weighted by molar-refractivity contribution is 5.66. The Hall–Kier alpha value is -1.71. The number of fused-ring (bicyclic) bond motifs is 1. The van der Waals surface area contributed by atoms with Gasteiger partial charge in [-0.25, -0.2) is 0 Å². The van der Waals surface area contributed by atoms with Gasteiger partial charge in [0.25, 0.3) is 0 Å². The van der Waals surface area contributed by atoms with Gasteiger partial charge in [0.2, 0.25) is 0 Å². The zero-order valence-electron chi connectivity index (χ0n) is 9.03. The summed E-state index contributed by atoms with van der Waals surface area (Å²) < 4.78 is 5.41. The number of nitrogens with one attached hydrogen (secondary N) is 1. The van der Waals surface area contributed by atoms with Crippen LogP contribution in [0.25, 0.3) is 0 Å². The van der Waals surface area contributed by atoms with E-state index in [1.807, 2.05) is 12.1 Å². The number of anilines is 1. The van der Waals surface area contributed by atoms with Crippen molar-refractivity contribution in [3.63, 3.8) is 0 Å². The Balaban J connectivity index is 1.83. The molecular weight excluding hydrogens is 206 g/mol. The van der Waals surface area contributed by atoms with Gasteiger partial charge in [0.15, 0.2) is 0 Å². The van der Waals surface area contributed by atoms with Crippen LogP contribution in [0.2, 0.25) is 0 Å². The summed E-state index contributed by atoms with van der Waals surface area (Å²) in [6.45, 7) is 1.45. The van der Waals surface area contributed by atoms with E-state index in [0.717, 1.165) is 24.5 Å². The standard InChI is InChI=1S/C12H15NO3/c14-12(15)2-1-6-13-10-3-4-11-9(8-10)5-7-16-11/h3-4,8,13H,1-2,5-7H2,(H,14,15). The van der Waals surface area contributed by atoms with Gasteiger partial charge in [-0.2, -0.15) is 0 Å². The molecule has 1 aromatic carbocycles. The number of hydrogen-bond donors (Lipinski definition) is 2. The van der Waals surface area contributed by atoms with Crippen molar-refractivity contribution >= 4 is 11.7 Å². The van der Waals surface area contributed by atoms with E-state index in [4.69, 9.17) is 9.84 Å². The topological polar surface area (TPSA) is 58.6 Å². The summed E-state index contributed by atoms with van der Waals surface area (Å²) in [5, 5.41) is 11.7. The van der Waals surface area contributed by atoms with E-state index < -0.39 is 5.97 Å². The van der Waals surface area contributed by atoms with Crippen LogP contribution in [0.5, 0.6) is 5.75 Å². The molecule has 4 heteroatoms. The molecule has 0 amide bonds. The molecule has 0 saturated heterocycles. The van der Waals surface area contributed by atoms with Crippen molar-refractivity contribution in [1.29, 1.82) is 0 Å². The van der Waals surface area contributed by atoms with Crippen molar-refractivity contribution in [2.75, 3.05) is 18.5 Å². The highest BCUT2D eigenvalue weighted by atomic mass is 16.5. The van der Waals surface area contributed by atoms with Crippen LogP contribution in [0, 0.1) is 0 Å². The maximum atomic E-state index is 10.3. The van der Waals surface area contributed by atoms with Gasteiger partial charge in [0.05, 0.1) is 6.61 Å². The molecule has 0 unspecified atom stereocenters. The first-order valence-electron chi connectivity index (χ1n) is 5.47. The van der Waals surface area contributed by atoms with Crippen LogP contribution >= 0.6 is 0 Å². The van der Waals surface area contributed by atoms with Gasteiger partial charge in [-0.3, -0.25) is 4.79 Å². The van der Waals surface area contributed by atoms with Crippen LogP contribution in [0.15, 0.2) is 18.2 Å². The van der Waals surface area contributed by atoms with E-state index in [2.05, 4.69) is 11.4 Å². The van der Waals surface area contributed by atoms with Gasteiger partial charge in [-0.05, 0) is 30.2 Å². The second kappa shape index (κ2) is 4.88. The molecule has 0 saturated carbocycles. The first-order valence-corrected chi connectivity index (χ1v) is 5.47. The Morgan fingerprint density at radius 2 is 2.38 bits per heavy atom. The molecule has 0 atom stereocenters. The smallest absolute Gasteiger partial charge is 0.303 e. The van der Waals surface area contributed by atoms with Crippen molar-refractivity contribution < 1.29 is 14.6 Å². The molecule has 0 aliphatic carbocycles. The largest absolute Gasteiger partial charge is 0.493 e. The fourth-order valence-corrected chi connectivity index (χ4v) is 1.77. The third-order valence-electron chi connectivity index (χ3n) is 2.59. The second-order valence-electron chi connectivity index (χ2n) is 3.85. The molecule has 2 N–H and O–H groups in total. The molecule has 1 aromatic rings. The second-order valence-corrected chi connectivity index (χ2v) is 3.85. The van der Waals surface area contributed by atoms with Gasteiger partial charge in [-0.1, -0.05) is 0 Å². The van der Waals surface area contributed by atoms with Crippen molar-refractivity contribution in [3.05, 3.63) is 23.8 Å². The molecule has 1 aliphatic heterocycles. The van der Waals surface area contributed by atoms with Crippen molar-refractivity contribution in [2.24, 2.45) is 0 Å². The first kappa shape index (κ1) is 10.8. The fraction of sp³-hybridized carbons (Fsp3) is 0.417. The minimum atomic E-state index is -0.746. The third kappa shape index (κ3) is 2.66. The molecule has 0 fully saturated rings. The van der Waals surface area contributed by atoms with Crippen molar-refractivity contribution in [3.8, 4) is 5.75 Å². The quantitative estimate of drug-likeness (QED) is 0.745. The average molecular weight is 221 g/mol. The van der Waals surface area contributed by atoms with Crippen LogP contribution in [0.3, 0.4) is 0 Å². The highest BCUT2D eigenvalue weighted by Crippen LogP contribution is 2.27. The van der Waals surface area contributed by atoms with E-state index in [9.17, 15) is 4.79 Å². The Kier molecular flexibility index (Phi) is 3.29. The Bertz CT molecular complexity index is 390. The van der Waals surface area contributed by atoms with Gasteiger partial charge in [-0.15, -0.1) is 0 Å². The number of rotatable bonds is 5. The number of ether oxygens (including phenoxy) is 1. The van der Waals surface area contributed by atoms with Crippen LogP contribution in [0.4, 0.5) is 5.69 Å². The zero-order valence-corrected chi connectivity index (χ0v) is 9.03. The number of benzene rings is 1. The Labute approximate surface area is 94.2 Å². The first-order chi connectivity index (χ1) is 7.75. The fourth-order valence-electron chi connectivity index (χ4n) is 1.77. The van der Waals surface area contributed by atoms with E-state index in [-0.39, 0.29) is 6.42 Å². The van der Waals surface area contributed by atoms with Gasteiger partial charge in [0.1, 0.15) is 5.75 Å². The summed E-state index contributed by atoms with van der Waals surface area (Å²) in [7, 11) is 0. The lowest BCUT2D eigenvalue weighted by molar-refractivity contribution is -0.137. The van der Waals surface area contributed by atoms with E-state index in [0.29, 0.717) is 13.0 Å². The maximum Gasteiger partial charge on any atom is 0.303 e. The molecule has 4 nitrogen and oxygen atoms in total. The molecule has 0 spiro atoms. The van der Waals surface area contributed by atoms with Crippen LogP contribution < -0.4 is 10.1 Å². The van der Waals surface area contributed by atoms with E-state index in [1.54, 1.807) is 0 Å². The van der Waals surface area contributed by atoms with Crippen molar-refractivity contribution in [1.82, 2.24) is 0 Å². The van der Waals surface area contributed by atoms with Gasteiger partial charge >= 0.3 is 5.97 Å². The van der Waals surface area contributed by atoms with Crippen LogP contribution in [-0.2, 0) is 11.2 Å². The monoisotopic (exact) mass is 221 g/mol. The highest BCUT2D eigenvalue weighted by Gasteiger charge is 2.11. The summed E-state index contributed by atoms with van der Waals surface area (Å²) in [5.74, 6) is 0.222. The zero-order chi connectivity index (χ0) is 11.4. The molecule has 0 aromatic heterocycles. The lowest BCUT2D eigenvalue weighted by Crippen LogP contribution is -2.04. The summed E-state index contributed by atoms with van der Waals surface area (Å²) in [4.78, 5) is 10.3. The molecule has 1 aliphatic rings. The normalized spacial score (nSPS) is 13.0. The third-order valence-corrected chi connectivity index (χ3v) is 2.59. The van der Waals surface area contributed by atoms with E-state index in [1.165, 1.54) is 5.56 Å². The van der Waals surface area contributed by atoms with Crippen LogP contribution in [0.1, 0.15) is 18.4 Å². The van der Waals surface area contributed by atoms with Gasteiger partial charge in [0, 0.05) is 25.1 Å². The lowest BCUT2D eigenvalue weighted by Gasteiger charge is -2.06. The molecular formula is C12H15NO3. The molecule has 2 rings (SSSR count). The molecule has 1 heterocycles. The Morgan fingerprint density at radius 3 is 3.19 bits per heavy atom. The number of carboxylic acid groups (broad SMARTS) is 1. The summed E-state index contributed by atoms with van der Waals surface area (Å²) in [5.41, 5.74) is 2.26. The van der Waals surface area contributed by atoms with Crippen LogP contribution in [-0.4, -0.2) is 24.2 Å². The Morgan fingerprint density at radius 1 is 1.50 bits per heavy atom.